The van der Waals surface area contributed by atoms with Crippen LogP contribution in [0, 0.1) is 23.5 Å². The Morgan fingerprint density at radius 2 is 1.76 bits per heavy atom. The van der Waals surface area contributed by atoms with Crippen molar-refractivity contribution in [3.63, 3.8) is 0 Å². The van der Waals surface area contributed by atoms with Crippen molar-refractivity contribution in [2.45, 2.75) is 36.8 Å². The number of likely N-dealkylation sites (tertiary alicyclic amines) is 1. The highest BCUT2D eigenvalue weighted by Crippen LogP contribution is 2.62. The van der Waals surface area contributed by atoms with Crippen LogP contribution in [0.1, 0.15) is 46.7 Å². The normalized spacial score (nSPS) is 26.9. The van der Waals surface area contributed by atoms with E-state index >= 15 is 8.78 Å². The second kappa shape index (κ2) is 9.76. The average Bonchev–Trinajstić information content (AvgIpc) is 3.68. The van der Waals surface area contributed by atoms with E-state index in [0.717, 1.165) is 12.8 Å². The first-order chi connectivity index (χ1) is 20.1. The molecule has 4 aliphatic rings. The summed E-state index contributed by atoms with van der Waals surface area (Å²) in [6.45, 7) is 0.787. The molecule has 3 fully saturated rings. The summed E-state index contributed by atoms with van der Waals surface area (Å²) in [7, 11) is 0. The molecule has 11 heteroatoms. The van der Waals surface area contributed by atoms with Gasteiger partial charge in [-0.25, -0.2) is 13.6 Å². The summed E-state index contributed by atoms with van der Waals surface area (Å²) < 4.78 is 31.1. The number of carboxylic acid groups (broad SMARTS) is 1. The lowest BCUT2D eigenvalue weighted by Crippen LogP contribution is -2.54. The summed E-state index contributed by atoms with van der Waals surface area (Å²) in [6.07, 6.45) is 2.38. The first-order valence-corrected chi connectivity index (χ1v) is 14.5. The van der Waals surface area contributed by atoms with Crippen LogP contribution in [0.15, 0.2) is 54.6 Å². The van der Waals surface area contributed by atoms with Crippen LogP contribution in [-0.4, -0.2) is 46.9 Å². The molecule has 0 unspecified atom stereocenters. The molecule has 4 atom stereocenters. The van der Waals surface area contributed by atoms with Gasteiger partial charge >= 0.3 is 5.97 Å². The van der Waals surface area contributed by atoms with Gasteiger partial charge in [-0.15, -0.1) is 0 Å². The number of aromatic carboxylic acids is 1. The Bertz CT molecular complexity index is 1660. The molecule has 3 heterocycles. The van der Waals surface area contributed by atoms with E-state index in [1.54, 1.807) is 23.1 Å². The van der Waals surface area contributed by atoms with Crippen LogP contribution < -0.4 is 10.2 Å². The first kappa shape index (κ1) is 27.3. The maximum absolute atomic E-state index is 16.0. The highest BCUT2D eigenvalue weighted by Gasteiger charge is 2.70. The molecule has 216 valence electrons. The fraction of sp³-hybridized carbons (Fsp3) is 0.323. The van der Waals surface area contributed by atoms with E-state index in [2.05, 4.69) is 5.32 Å². The number of nitrogens with zero attached hydrogens (tertiary/aromatic N) is 2. The molecule has 0 bridgehead atoms. The molecule has 42 heavy (non-hydrogen) atoms. The Morgan fingerprint density at radius 3 is 2.45 bits per heavy atom. The molecule has 7 nitrogen and oxygen atoms in total. The minimum Gasteiger partial charge on any atom is -0.478 e. The summed E-state index contributed by atoms with van der Waals surface area (Å²) >= 11 is 12.4. The van der Waals surface area contributed by atoms with Gasteiger partial charge in [-0.3, -0.25) is 14.5 Å². The zero-order valence-corrected chi connectivity index (χ0v) is 23.6. The molecular weight excluding hydrogens is 587 g/mol. The SMILES string of the molecule is O=C(O)c1ccc(N2CC[C@H]3[C@@H](C2=O)[C@H](c2cccc(Cl)c2F)[C@]2(C(=O)Nc4cc(Cl)c(F)cc42)N3CC2CC2)cc1. The van der Waals surface area contributed by atoms with Crippen LogP contribution in [-0.2, 0) is 15.1 Å². The Labute approximate surface area is 250 Å². The van der Waals surface area contributed by atoms with Gasteiger partial charge in [-0.05, 0) is 73.2 Å². The number of anilines is 2. The molecule has 2 N–H and O–H groups in total. The molecule has 3 aromatic carbocycles. The van der Waals surface area contributed by atoms with E-state index in [1.165, 1.54) is 36.4 Å². The number of carbonyl (C=O) groups is 3. The third-order valence-corrected chi connectivity index (χ3v) is 9.82. The van der Waals surface area contributed by atoms with Crippen molar-refractivity contribution in [2.75, 3.05) is 23.3 Å². The van der Waals surface area contributed by atoms with Crippen molar-refractivity contribution in [3.8, 4) is 0 Å². The molecule has 0 aromatic heterocycles. The lowest BCUT2D eigenvalue weighted by atomic mass is 9.70. The van der Waals surface area contributed by atoms with Crippen molar-refractivity contribution < 1.29 is 28.3 Å². The minimum absolute atomic E-state index is 0.0790. The first-order valence-electron chi connectivity index (χ1n) is 13.8. The van der Waals surface area contributed by atoms with E-state index < -0.39 is 46.9 Å². The maximum atomic E-state index is 16.0. The fourth-order valence-corrected chi connectivity index (χ4v) is 7.63. The van der Waals surface area contributed by atoms with Gasteiger partial charge in [0.2, 0.25) is 11.8 Å². The predicted octanol–water partition coefficient (Wildman–Crippen LogP) is 6.05. The Balaban J connectivity index is 1.45. The van der Waals surface area contributed by atoms with Crippen LogP contribution >= 0.6 is 23.2 Å². The monoisotopic (exact) mass is 611 g/mol. The standard InChI is InChI=1S/C31H25Cl2F2N3O4/c32-20-3-1-2-18(27(20)35)26-25-24(10-11-37(28(25)39)17-8-6-16(7-9-17)29(40)41)38(14-15-4-5-15)31(26)19-12-22(34)21(33)13-23(19)36-30(31)42/h1-3,6-9,12-13,15,24-26H,4-5,10-11,14H2,(H,36,42)(H,40,41)/t24-,25+,26-,31+/m0/s1. The van der Waals surface area contributed by atoms with Gasteiger partial charge in [-0.2, -0.15) is 0 Å². The topological polar surface area (TPSA) is 90.0 Å². The summed E-state index contributed by atoms with van der Waals surface area (Å²) in [5.74, 6) is -4.98. The van der Waals surface area contributed by atoms with Crippen molar-refractivity contribution in [3.05, 3.63) is 93.0 Å². The van der Waals surface area contributed by atoms with E-state index in [1.807, 2.05) is 4.90 Å². The van der Waals surface area contributed by atoms with Gasteiger partial charge < -0.3 is 15.3 Å². The summed E-state index contributed by atoms with van der Waals surface area (Å²) in [5.41, 5.74) is -0.271. The minimum atomic E-state index is -1.59. The number of hydrogen-bond donors (Lipinski definition) is 2. The molecular formula is C31H25Cl2F2N3O4. The summed E-state index contributed by atoms with van der Waals surface area (Å²) in [4.78, 5) is 43.8. The van der Waals surface area contributed by atoms with Crippen LogP contribution in [0.5, 0.6) is 0 Å². The number of halogens is 4. The Hall–Kier alpha value is -3.53. The Morgan fingerprint density at radius 1 is 1.02 bits per heavy atom. The number of carboxylic acids is 1. The summed E-state index contributed by atoms with van der Waals surface area (Å²) in [6, 6.07) is 12.7. The predicted molar refractivity (Wildman–Crippen MR) is 153 cm³/mol. The van der Waals surface area contributed by atoms with Gasteiger partial charge in [0.1, 0.15) is 17.2 Å². The second-order valence-corrected chi connectivity index (χ2v) is 12.3. The molecule has 2 amide bonds. The smallest absolute Gasteiger partial charge is 0.335 e. The number of nitrogens with one attached hydrogen (secondary N) is 1. The van der Waals surface area contributed by atoms with Crippen LogP contribution in [0.4, 0.5) is 20.2 Å². The zero-order valence-electron chi connectivity index (χ0n) is 22.1. The lowest BCUT2D eigenvalue weighted by Gasteiger charge is -2.40. The van der Waals surface area contributed by atoms with E-state index in [0.29, 0.717) is 36.4 Å². The fourth-order valence-electron chi connectivity index (χ4n) is 7.29. The number of rotatable bonds is 5. The molecule has 2 saturated heterocycles. The highest BCUT2D eigenvalue weighted by molar-refractivity contribution is 6.31. The van der Waals surface area contributed by atoms with Gasteiger partial charge in [0.15, 0.2) is 0 Å². The van der Waals surface area contributed by atoms with Crippen molar-refractivity contribution in [1.82, 2.24) is 4.90 Å². The van der Waals surface area contributed by atoms with E-state index in [4.69, 9.17) is 23.2 Å². The van der Waals surface area contributed by atoms with Crippen LogP contribution in [0.3, 0.4) is 0 Å². The zero-order chi connectivity index (χ0) is 29.5. The number of fused-ring (bicyclic) bond motifs is 3. The van der Waals surface area contributed by atoms with Crippen LogP contribution in [0.2, 0.25) is 10.0 Å². The average molecular weight is 612 g/mol. The van der Waals surface area contributed by atoms with Crippen molar-refractivity contribution in [1.29, 1.82) is 0 Å². The molecule has 7 rings (SSSR count). The summed E-state index contributed by atoms with van der Waals surface area (Å²) in [5, 5.41) is 11.9. The highest BCUT2D eigenvalue weighted by atomic mass is 35.5. The van der Waals surface area contributed by atoms with Gasteiger partial charge in [0, 0.05) is 42.0 Å². The number of carbonyl (C=O) groups excluding carboxylic acids is 2. The molecule has 3 aliphatic heterocycles. The van der Waals surface area contributed by atoms with Gasteiger partial charge in [-0.1, -0.05) is 35.3 Å². The van der Waals surface area contributed by atoms with Crippen LogP contribution in [0.25, 0.3) is 0 Å². The second-order valence-electron chi connectivity index (χ2n) is 11.5. The third kappa shape index (κ3) is 3.90. The molecule has 3 aromatic rings. The molecule has 1 saturated carbocycles. The largest absolute Gasteiger partial charge is 0.478 e. The quantitative estimate of drug-likeness (QED) is 0.367. The maximum Gasteiger partial charge on any atom is 0.335 e. The van der Waals surface area contributed by atoms with E-state index in [-0.39, 0.29) is 33.0 Å². The number of amides is 2. The number of piperidine rings is 1. The van der Waals surface area contributed by atoms with E-state index in [9.17, 15) is 19.5 Å². The Kier molecular flexibility index (Phi) is 6.34. The van der Waals surface area contributed by atoms with Gasteiger partial charge in [0.25, 0.3) is 0 Å². The van der Waals surface area contributed by atoms with Crippen molar-refractivity contribution >= 4 is 52.4 Å². The number of benzene rings is 3. The lowest BCUT2D eigenvalue weighted by molar-refractivity contribution is -0.128. The third-order valence-electron chi connectivity index (χ3n) is 9.24. The molecule has 1 spiro atoms. The molecule has 1 aliphatic carbocycles. The molecule has 0 radical (unpaired) electrons. The van der Waals surface area contributed by atoms with Gasteiger partial charge in [0.05, 0.1) is 21.5 Å². The number of hydrogen-bond acceptors (Lipinski definition) is 4. The van der Waals surface area contributed by atoms with Crippen molar-refractivity contribution in [2.24, 2.45) is 11.8 Å².